The summed E-state index contributed by atoms with van der Waals surface area (Å²) in [7, 11) is 0. The maximum atomic E-state index is 5.74. The van der Waals surface area contributed by atoms with Gasteiger partial charge in [-0.25, -0.2) is 9.97 Å². The van der Waals surface area contributed by atoms with Crippen molar-refractivity contribution < 1.29 is 4.74 Å². The minimum Gasteiger partial charge on any atom is -0.384 e. The average molecular weight is 283 g/mol. The molecule has 18 heavy (non-hydrogen) atoms. The summed E-state index contributed by atoms with van der Waals surface area (Å²) in [5, 5.41) is 9.67. The largest absolute Gasteiger partial charge is 0.384 e. The lowest BCUT2D eigenvalue weighted by atomic mass is 10.5. The van der Waals surface area contributed by atoms with Crippen LogP contribution in [0, 0.1) is 6.92 Å². The fraction of sp³-hybridized carbons (Fsp3) is 0.400. The van der Waals surface area contributed by atoms with Crippen molar-refractivity contribution in [3.63, 3.8) is 0 Å². The molecule has 6 nitrogen and oxygen atoms in total. The quantitative estimate of drug-likeness (QED) is 0.838. The Kier molecular flexibility index (Phi) is 4.45. The summed E-state index contributed by atoms with van der Waals surface area (Å²) in [6.07, 6.45) is 0. The number of anilines is 1. The first kappa shape index (κ1) is 13.2. The molecule has 0 atom stereocenters. The highest BCUT2D eigenvalue weighted by atomic mass is 32.2. The van der Waals surface area contributed by atoms with Crippen LogP contribution in [0.1, 0.15) is 17.8 Å². The SMILES string of the molecule is CCOCc1nc(N)cc(Sc2nnc(C)s2)n1. The van der Waals surface area contributed by atoms with Gasteiger partial charge in [0.2, 0.25) is 0 Å². The molecule has 2 heterocycles. The van der Waals surface area contributed by atoms with E-state index < -0.39 is 0 Å². The molecular weight excluding hydrogens is 270 g/mol. The Balaban J connectivity index is 2.14. The lowest BCUT2D eigenvalue weighted by Crippen LogP contribution is -2.03. The molecule has 0 spiro atoms. The van der Waals surface area contributed by atoms with E-state index in [1.165, 1.54) is 23.1 Å². The highest BCUT2D eigenvalue weighted by Gasteiger charge is 2.08. The number of aromatic nitrogens is 4. The Morgan fingerprint density at radius 1 is 1.39 bits per heavy atom. The minimum atomic E-state index is 0.365. The summed E-state index contributed by atoms with van der Waals surface area (Å²) in [5.41, 5.74) is 5.74. The molecular formula is C10H13N5OS2. The van der Waals surface area contributed by atoms with Gasteiger partial charge in [-0.1, -0.05) is 11.3 Å². The molecule has 96 valence electrons. The minimum absolute atomic E-state index is 0.365. The predicted octanol–water partition coefficient (Wildman–Crippen LogP) is 1.91. The summed E-state index contributed by atoms with van der Waals surface area (Å²) >= 11 is 2.95. The van der Waals surface area contributed by atoms with Crippen molar-refractivity contribution >= 4 is 28.9 Å². The third-order valence-electron chi connectivity index (χ3n) is 1.90. The van der Waals surface area contributed by atoms with Crippen LogP contribution < -0.4 is 5.73 Å². The Morgan fingerprint density at radius 3 is 2.89 bits per heavy atom. The predicted molar refractivity (Wildman–Crippen MR) is 70.5 cm³/mol. The maximum absolute atomic E-state index is 5.74. The topological polar surface area (TPSA) is 86.8 Å². The fourth-order valence-corrected chi connectivity index (χ4v) is 3.00. The van der Waals surface area contributed by atoms with Gasteiger partial charge in [-0.2, -0.15) is 0 Å². The number of nitrogens with zero attached hydrogens (tertiary/aromatic N) is 4. The lowest BCUT2D eigenvalue weighted by Gasteiger charge is -2.04. The van der Waals surface area contributed by atoms with Crippen molar-refractivity contribution in [2.24, 2.45) is 0 Å². The zero-order valence-electron chi connectivity index (χ0n) is 10.1. The molecule has 0 fully saturated rings. The van der Waals surface area contributed by atoms with Gasteiger partial charge in [0.15, 0.2) is 10.2 Å². The van der Waals surface area contributed by atoms with Crippen LogP contribution in [0.3, 0.4) is 0 Å². The van der Waals surface area contributed by atoms with E-state index in [2.05, 4.69) is 20.2 Å². The van der Waals surface area contributed by atoms with Crippen LogP contribution in [0.4, 0.5) is 5.82 Å². The molecule has 0 aliphatic carbocycles. The maximum Gasteiger partial charge on any atom is 0.180 e. The van der Waals surface area contributed by atoms with Crippen molar-refractivity contribution in [3.05, 3.63) is 16.9 Å². The van der Waals surface area contributed by atoms with E-state index >= 15 is 0 Å². The Labute approximate surface area is 113 Å². The second-order valence-electron chi connectivity index (χ2n) is 3.37. The number of nitrogen functional groups attached to an aromatic ring is 1. The van der Waals surface area contributed by atoms with Crippen molar-refractivity contribution in [1.29, 1.82) is 0 Å². The molecule has 0 saturated carbocycles. The number of aryl methyl sites for hydroxylation is 1. The van der Waals surface area contributed by atoms with E-state index in [4.69, 9.17) is 10.5 Å². The van der Waals surface area contributed by atoms with Crippen LogP contribution in [0.15, 0.2) is 15.4 Å². The average Bonchev–Trinajstić information content (AvgIpc) is 2.71. The third kappa shape index (κ3) is 3.62. The van der Waals surface area contributed by atoms with Crippen LogP contribution in [-0.2, 0) is 11.3 Å². The molecule has 0 aromatic carbocycles. The van der Waals surface area contributed by atoms with Crippen molar-refractivity contribution in [2.45, 2.75) is 29.8 Å². The zero-order chi connectivity index (χ0) is 13.0. The van der Waals surface area contributed by atoms with Gasteiger partial charge in [-0.15, -0.1) is 10.2 Å². The lowest BCUT2D eigenvalue weighted by molar-refractivity contribution is 0.128. The summed E-state index contributed by atoms with van der Waals surface area (Å²) in [4.78, 5) is 8.48. The van der Waals surface area contributed by atoms with Crippen molar-refractivity contribution in [2.75, 3.05) is 12.3 Å². The molecule has 8 heteroatoms. The molecule has 2 aromatic heterocycles. The monoisotopic (exact) mass is 283 g/mol. The summed E-state index contributed by atoms with van der Waals surface area (Å²) in [6.45, 7) is 4.82. The summed E-state index contributed by atoms with van der Waals surface area (Å²) < 4.78 is 6.11. The van der Waals surface area contributed by atoms with Gasteiger partial charge in [0.1, 0.15) is 22.5 Å². The van der Waals surface area contributed by atoms with E-state index in [0.29, 0.717) is 24.9 Å². The smallest absolute Gasteiger partial charge is 0.180 e. The van der Waals surface area contributed by atoms with Crippen molar-refractivity contribution in [1.82, 2.24) is 20.2 Å². The zero-order valence-corrected chi connectivity index (χ0v) is 11.7. The Bertz CT molecular complexity index is 531. The first-order chi connectivity index (χ1) is 8.67. The standard InChI is InChI=1S/C10H13N5OS2/c1-3-16-5-8-12-7(11)4-9(13-8)18-10-15-14-6(2)17-10/h4H,3,5H2,1-2H3,(H2,11,12,13). The van der Waals surface area contributed by atoms with Gasteiger partial charge in [0, 0.05) is 12.7 Å². The molecule has 0 radical (unpaired) electrons. The van der Waals surface area contributed by atoms with Gasteiger partial charge >= 0.3 is 0 Å². The molecule has 2 aromatic rings. The fourth-order valence-electron chi connectivity index (χ4n) is 1.21. The normalized spacial score (nSPS) is 10.8. The van der Waals surface area contributed by atoms with Crippen LogP contribution in [0.25, 0.3) is 0 Å². The van der Waals surface area contributed by atoms with E-state index in [9.17, 15) is 0 Å². The van der Waals surface area contributed by atoms with E-state index in [1.807, 2.05) is 13.8 Å². The molecule has 2 N–H and O–H groups in total. The van der Waals surface area contributed by atoms with E-state index in [-0.39, 0.29) is 0 Å². The van der Waals surface area contributed by atoms with Crippen LogP contribution in [-0.4, -0.2) is 26.8 Å². The number of hydrogen-bond donors (Lipinski definition) is 1. The van der Waals surface area contributed by atoms with E-state index in [1.54, 1.807) is 6.07 Å². The number of nitrogens with two attached hydrogens (primary N) is 1. The summed E-state index contributed by atoms with van der Waals surface area (Å²) in [5.74, 6) is 1.02. The molecule has 0 saturated heterocycles. The first-order valence-electron chi connectivity index (χ1n) is 5.36. The van der Waals surface area contributed by atoms with Gasteiger partial charge in [-0.05, 0) is 25.6 Å². The Morgan fingerprint density at radius 2 is 2.22 bits per heavy atom. The molecule has 2 rings (SSSR count). The van der Waals surface area contributed by atoms with Crippen molar-refractivity contribution in [3.8, 4) is 0 Å². The highest BCUT2D eigenvalue weighted by Crippen LogP contribution is 2.29. The van der Waals surface area contributed by atoms with Gasteiger partial charge < -0.3 is 10.5 Å². The second-order valence-corrected chi connectivity index (χ2v) is 5.82. The van der Waals surface area contributed by atoms with E-state index in [0.717, 1.165) is 14.4 Å². The first-order valence-corrected chi connectivity index (χ1v) is 7.00. The third-order valence-corrected chi connectivity index (χ3v) is 3.71. The second kappa shape index (κ2) is 6.07. The molecule has 0 unspecified atom stereocenters. The molecule has 0 amide bonds. The van der Waals surface area contributed by atoms with Gasteiger partial charge in [0.25, 0.3) is 0 Å². The van der Waals surface area contributed by atoms with Crippen LogP contribution in [0.5, 0.6) is 0 Å². The number of hydrogen-bond acceptors (Lipinski definition) is 8. The Hall–Kier alpha value is -1.25. The van der Waals surface area contributed by atoms with Gasteiger partial charge in [0.05, 0.1) is 0 Å². The highest BCUT2D eigenvalue weighted by molar-refractivity contribution is 8.01. The molecule has 0 aliphatic heterocycles. The van der Waals surface area contributed by atoms with Gasteiger partial charge in [-0.3, -0.25) is 0 Å². The van der Waals surface area contributed by atoms with Crippen LogP contribution in [0.2, 0.25) is 0 Å². The van der Waals surface area contributed by atoms with Crippen LogP contribution >= 0.6 is 23.1 Å². The molecule has 0 bridgehead atoms. The number of ether oxygens (including phenoxy) is 1. The summed E-state index contributed by atoms with van der Waals surface area (Å²) in [6, 6.07) is 1.72. The molecule has 0 aliphatic rings. The number of rotatable bonds is 5.